The Balaban J connectivity index is 1.85. The number of allylic oxidation sites excluding steroid dienone is 10. The van der Waals surface area contributed by atoms with E-state index >= 15 is 0 Å². The molecule has 19 nitrogen and oxygen atoms in total. The van der Waals surface area contributed by atoms with E-state index in [9.17, 15) is 48.6 Å². The summed E-state index contributed by atoms with van der Waals surface area (Å²) in [5.41, 5.74) is 4.57. The molecule has 0 spiro atoms. The van der Waals surface area contributed by atoms with Crippen LogP contribution in [0.3, 0.4) is 0 Å². The molecule has 1 fully saturated rings. The Labute approximate surface area is 419 Å². The molecule has 1 aromatic rings. The second kappa shape index (κ2) is 37.8. The van der Waals surface area contributed by atoms with Crippen LogP contribution in [-0.4, -0.2) is 96.9 Å². The van der Waals surface area contributed by atoms with Crippen LogP contribution >= 0.6 is 15.6 Å². The Bertz CT molecular complexity index is 1990. The second-order valence-corrected chi connectivity index (χ2v) is 20.2. The van der Waals surface area contributed by atoms with Gasteiger partial charge in [-0.15, -0.1) is 0 Å². The van der Waals surface area contributed by atoms with Gasteiger partial charge in [0.15, 0.2) is 12.3 Å². The molecular formula is C50H81N3O16P2. The first-order valence-corrected chi connectivity index (χ1v) is 28.0. The molecule has 3 unspecified atom stereocenters. The fraction of sp³-hybridized carbons (Fsp3) is 0.640. The number of aliphatic hydroxyl groups is 3. The lowest BCUT2D eigenvalue weighted by atomic mass is 10.1. The first-order valence-electron chi connectivity index (χ1n) is 25.1. The van der Waals surface area contributed by atoms with Crippen molar-refractivity contribution in [2.75, 3.05) is 25.6 Å². The maximum absolute atomic E-state index is 12.8. The van der Waals surface area contributed by atoms with Gasteiger partial charge >= 0.3 is 33.3 Å². The van der Waals surface area contributed by atoms with E-state index in [1.165, 1.54) is 44.6 Å². The van der Waals surface area contributed by atoms with Crippen molar-refractivity contribution in [3.8, 4) is 0 Å². The predicted molar refractivity (Wildman–Crippen MR) is 271 cm³/mol. The van der Waals surface area contributed by atoms with Crippen molar-refractivity contribution in [3.63, 3.8) is 0 Å². The smallest absolute Gasteiger partial charge is 0.462 e. The summed E-state index contributed by atoms with van der Waals surface area (Å²) in [5.74, 6) is -1.42. The monoisotopic (exact) mass is 1040 g/mol. The van der Waals surface area contributed by atoms with E-state index in [2.05, 4.69) is 40.5 Å². The lowest BCUT2D eigenvalue weighted by Gasteiger charge is -2.21. The molecule has 0 aliphatic carbocycles. The zero-order valence-electron chi connectivity index (χ0n) is 41.6. The maximum Gasteiger partial charge on any atom is 0.481 e. The van der Waals surface area contributed by atoms with Gasteiger partial charge in [-0.2, -0.15) is 9.29 Å². The molecule has 2 heterocycles. The number of aliphatic hydroxyl groups excluding tert-OH is 3. The molecule has 2 rings (SSSR count). The third-order valence-electron chi connectivity index (χ3n) is 10.9. The SMILES string of the molecule is CC/C=C/CC(O)/C=C/C=C/CCCCCCCC(=O)OC[C@H](COP(=O)(O)OP(=O)(O)OC[C@H]1O[C@@H](n2ccc(N)nc2=O)[C@H](O)[C@@H]1O)OC(=O)CCC/C=C\C/C=C\C/C=C\CCCCCCCC. The van der Waals surface area contributed by atoms with Crippen LogP contribution in [0.2, 0.25) is 0 Å². The molecule has 21 heteroatoms. The van der Waals surface area contributed by atoms with Gasteiger partial charge in [0.05, 0.1) is 19.3 Å². The average molecular weight is 1040 g/mol. The Morgan fingerprint density at radius 3 is 2.04 bits per heavy atom. The molecule has 0 bridgehead atoms. The number of esters is 2. The van der Waals surface area contributed by atoms with Gasteiger partial charge in [0.1, 0.15) is 30.7 Å². The summed E-state index contributed by atoms with van der Waals surface area (Å²) in [7, 11) is -10.9. The van der Waals surface area contributed by atoms with E-state index in [1.807, 2.05) is 49.5 Å². The van der Waals surface area contributed by atoms with Crippen LogP contribution in [0.1, 0.15) is 155 Å². The predicted octanol–water partition coefficient (Wildman–Crippen LogP) is 9.08. The molecule has 1 aliphatic rings. The molecule has 0 radical (unpaired) electrons. The Morgan fingerprint density at radius 1 is 0.761 bits per heavy atom. The van der Waals surface area contributed by atoms with Crippen molar-refractivity contribution in [1.82, 2.24) is 9.55 Å². The number of unbranched alkanes of at least 4 members (excludes halogenated alkanes) is 12. The lowest BCUT2D eigenvalue weighted by molar-refractivity contribution is -0.161. The number of nitrogen functional groups attached to an aromatic ring is 1. The van der Waals surface area contributed by atoms with Gasteiger partial charge in [-0.1, -0.05) is 138 Å². The van der Waals surface area contributed by atoms with Crippen LogP contribution in [0.25, 0.3) is 0 Å². The summed E-state index contributed by atoms with van der Waals surface area (Å²) in [4.78, 5) is 61.8. The standard InChI is InChI=1S/C50H81N3O16P2/c1-3-5-7-8-9-10-11-12-13-14-15-16-17-20-24-27-31-35-46(56)67-42(38-64-45(55)34-30-26-23-21-18-19-22-25-29-33-41(54)32-28-6-4-2)39-65-70(60,61)69-71(62,63)66-40-43-47(57)48(58)49(68-43)53-37-36-44(51)52-50(53)59/h6,12-13,15-16,20,22,24-25,28-29,33,36-37,41-43,47-49,54,57-58H,3-5,7-11,14,17-19,21,23,26-27,30-32,34-35,38-40H2,1-2H3,(H,60,61)(H,62,63)(H2,51,52,59)/b13-12-,16-15-,24-20-,25-22+,28-6+,33-29+/t41?,42-,43-,47-,48-,49-/m1/s1. The number of nitrogens with two attached hydrogens (primary N) is 1. The highest BCUT2D eigenvalue weighted by atomic mass is 31.3. The Morgan fingerprint density at radius 2 is 1.37 bits per heavy atom. The summed E-state index contributed by atoms with van der Waals surface area (Å²) >= 11 is 0. The van der Waals surface area contributed by atoms with E-state index < -0.39 is 89.8 Å². The van der Waals surface area contributed by atoms with Crippen LogP contribution in [0.4, 0.5) is 5.82 Å². The largest absolute Gasteiger partial charge is 0.481 e. The summed E-state index contributed by atoms with van der Waals surface area (Å²) in [5, 5.41) is 30.8. The third kappa shape index (κ3) is 30.7. The number of aromatic nitrogens is 2. The zero-order valence-corrected chi connectivity index (χ0v) is 43.4. The molecule has 0 amide bonds. The average Bonchev–Trinajstić information content (AvgIpc) is 3.60. The van der Waals surface area contributed by atoms with Crippen LogP contribution in [0, 0.1) is 0 Å². The van der Waals surface area contributed by atoms with Crippen molar-refractivity contribution in [3.05, 3.63) is 95.7 Å². The Kier molecular flexibility index (Phi) is 33.7. The minimum Gasteiger partial charge on any atom is -0.462 e. The maximum atomic E-state index is 12.8. The van der Waals surface area contributed by atoms with Crippen LogP contribution in [0.15, 0.2) is 90.0 Å². The zero-order chi connectivity index (χ0) is 52.2. The van der Waals surface area contributed by atoms with Crippen molar-refractivity contribution in [2.45, 2.75) is 185 Å². The number of hydrogen-bond acceptors (Lipinski definition) is 16. The van der Waals surface area contributed by atoms with Gasteiger partial charge < -0.3 is 45.1 Å². The van der Waals surface area contributed by atoms with Gasteiger partial charge in [0.2, 0.25) is 0 Å². The Hall–Kier alpha value is -3.84. The van der Waals surface area contributed by atoms with Crippen LogP contribution in [-0.2, 0) is 46.3 Å². The molecule has 71 heavy (non-hydrogen) atoms. The minimum atomic E-state index is -5.45. The fourth-order valence-electron chi connectivity index (χ4n) is 6.95. The topological polar surface area (TPSA) is 286 Å². The molecule has 1 saturated heterocycles. The second-order valence-electron chi connectivity index (χ2n) is 17.1. The van der Waals surface area contributed by atoms with Gasteiger partial charge in [-0.05, 0) is 76.7 Å². The van der Waals surface area contributed by atoms with E-state index in [-0.39, 0.29) is 18.7 Å². The number of phosphoric acid groups is 2. The normalized spacial score (nSPS) is 20.2. The van der Waals surface area contributed by atoms with Crippen molar-refractivity contribution < 1.29 is 71.4 Å². The summed E-state index contributed by atoms with van der Waals surface area (Å²) < 4.78 is 56.6. The van der Waals surface area contributed by atoms with Crippen LogP contribution in [0.5, 0.6) is 0 Å². The van der Waals surface area contributed by atoms with Crippen LogP contribution < -0.4 is 11.4 Å². The molecule has 402 valence electrons. The van der Waals surface area contributed by atoms with E-state index in [4.69, 9.17) is 29.0 Å². The fourth-order valence-corrected chi connectivity index (χ4v) is 9.06. The highest BCUT2D eigenvalue weighted by Crippen LogP contribution is 2.60. The van der Waals surface area contributed by atoms with Gasteiger partial charge in [0.25, 0.3) is 0 Å². The molecule has 0 aromatic carbocycles. The van der Waals surface area contributed by atoms with Gasteiger partial charge in [-0.25, -0.2) is 13.9 Å². The molecule has 8 atom stereocenters. The number of anilines is 1. The van der Waals surface area contributed by atoms with E-state index in [0.717, 1.165) is 68.6 Å². The summed E-state index contributed by atoms with van der Waals surface area (Å²) in [6, 6.07) is 1.24. The van der Waals surface area contributed by atoms with Crippen molar-refractivity contribution in [2.24, 2.45) is 0 Å². The molecule has 7 N–H and O–H groups in total. The quantitative estimate of drug-likeness (QED) is 0.0117. The van der Waals surface area contributed by atoms with Crippen molar-refractivity contribution >= 4 is 33.4 Å². The number of phosphoric ester groups is 2. The minimum absolute atomic E-state index is 0.0400. The molecular weight excluding hydrogens is 961 g/mol. The molecule has 0 saturated carbocycles. The van der Waals surface area contributed by atoms with Crippen molar-refractivity contribution in [1.29, 1.82) is 0 Å². The van der Waals surface area contributed by atoms with Gasteiger partial charge in [-0.3, -0.25) is 23.2 Å². The molecule has 1 aromatic heterocycles. The summed E-state index contributed by atoms with van der Waals surface area (Å²) in [6.07, 6.45) is 34.7. The third-order valence-corrected chi connectivity index (χ3v) is 13.5. The number of carbonyl (C=O) groups excluding carboxylic acids is 2. The van der Waals surface area contributed by atoms with E-state index in [0.29, 0.717) is 25.7 Å². The first-order chi connectivity index (χ1) is 34.1. The van der Waals surface area contributed by atoms with Gasteiger partial charge in [0, 0.05) is 19.0 Å². The highest BCUT2D eigenvalue weighted by molar-refractivity contribution is 7.61. The number of carbonyl (C=O) groups is 2. The number of nitrogens with zero attached hydrogens (tertiary/aromatic N) is 2. The molecule has 1 aliphatic heterocycles. The lowest BCUT2D eigenvalue weighted by Crippen LogP contribution is -2.36. The number of rotatable bonds is 40. The first kappa shape index (κ1) is 63.3. The summed E-state index contributed by atoms with van der Waals surface area (Å²) in [6.45, 7) is 1.85. The number of hydrogen-bond donors (Lipinski definition) is 6. The van der Waals surface area contributed by atoms with E-state index in [1.54, 1.807) is 6.08 Å². The highest BCUT2D eigenvalue weighted by Gasteiger charge is 2.46. The number of ether oxygens (including phenoxy) is 3.